The van der Waals surface area contributed by atoms with E-state index in [1.807, 2.05) is 24.3 Å². The molecule has 2 saturated heterocycles. The van der Waals surface area contributed by atoms with Crippen LogP contribution in [-0.4, -0.2) is 38.6 Å². The molecule has 4 nitrogen and oxygen atoms in total. The van der Waals surface area contributed by atoms with Gasteiger partial charge in [0.15, 0.2) is 0 Å². The van der Waals surface area contributed by atoms with Crippen molar-refractivity contribution in [1.82, 2.24) is 0 Å². The summed E-state index contributed by atoms with van der Waals surface area (Å²) >= 11 is 0. The lowest BCUT2D eigenvalue weighted by Gasteiger charge is -2.08. The molecule has 2 aliphatic heterocycles. The number of unbranched alkanes of at least 4 members (excludes halogenated alkanes) is 2. The van der Waals surface area contributed by atoms with Gasteiger partial charge in [0.25, 0.3) is 0 Å². The monoisotopic (exact) mass is 306 g/mol. The fourth-order valence-electron chi connectivity index (χ4n) is 2.43. The molecule has 0 unspecified atom stereocenters. The molecule has 2 aliphatic rings. The van der Waals surface area contributed by atoms with Crippen LogP contribution in [-0.2, 0) is 9.47 Å². The Hall–Kier alpha value is -1.26. The Morgan fingerprint density at radius 3 is 1.50 bits per heavy atom. The summed E-state index contributed by atoms with van der Waals surface area (Å²) in [5.41, 5.74) is 0. The topological polar surface area (TPSA) is 43.5 Å². The normalized spacial score (nSPS) is 22.4. The Balaban J connectivity index is 1.22. The maximum Gasteiger partial charge on any atom is 0.119 e. The minimum absolute atomic E-state index is 0.535. The van der Waals surface area contributed by atoms with Gasteiger partial charge in [-0.05, 0) is 62.8 Å². The van der Waals surface area contributed by atoms with Crippen LogP contribution in [0, 0.1) is 0 Å². The zero-order valence-electron chi connectivity index (χ0n) is 13.2. The Morgan fingerprint density at radius 1 is 0.727 bits per heavy atom. The summed E-state index contributed by atoms with van der Waals surface area (Å²) in [5, 5.41) is 0. The Labute approximate surface area is 132 Å². The molecule has 0 spiro atoms. The van der Waals surface area contributed by atoms with Gasteiger partial charge in [0.1, 0.15) is 11.5 Å². The van der Waals surface area contributed by atoms with Crippen LogP contribution in [0.15, 0.2) is 24.3 Å². The van der Waals surface area contributed by atoms with Gasteiger partial charge >= 0.3 is 0 Å². The second kappa shape index (κ2) is 8.39. The molecule has 122 valence electrons. The summed E-state index contributed by atoms with van der Waals surface area (Å²) in [5.74, 6) is 1.84. The third kappa shape index (κ3) is 6.24. The van der Waals surface area contributed by atoms with E-state index in [1.165, 1.54) is 25.7 Å². The fraction of sp³-hybridized carbons (Fsp3) is 0.667. The average Bonchev–Trinajstić information content (AvgIpc) is 3.43. The van der Waals surface area contributed by atoms with Crippen LogP contribution < -0.4 is 9.47 Å². The lowest BCUT2D eigenvalue weighted by molar-refractivity contribution is 0.292. The minimum atomic E-state index is 0.535. The maximum atomic E-state index is 5.73. The van der Waals surface area contributed by atoms with Crippen molar-refractivity contribution < 1.29 is 18.9 Å². The molecule has 0 radical (unpaired) electrons. The molecule has 0 N–H and O–H groups in total. The van der Waals surface area contributed by atoms with Crippen molar-refractivity contribution in [3.8, 4) is 11.5 Å². The number of rotatable bonds is 12. The fourth-order valence-corrected chi connectivity index (χ4v) is 2.43. The Kier molecular flexibility index (Phi) is 5.96. The molecule has 0 aromatic heterocycles. The molecule has 1 aromatic carbocycles. The molecule has 2 atom stereocenters. The maximum absolute atomic E-state index is 5.73. The zero-order chi connectivity index (χ0) is 15.0. The van der Waals surface area contributed by atoms with Gasteiger partial charge in [-0.2, -0.15) is 0 Å². The predicted octanol–water partition coefficient (Wildman–Crippen LogP) is 3.58. The van der Waals surface area contributed by atoms with Gasteiger partial charge in [-0.25, -0.2) is 0 Å². The molecule has 2 heterocycles. The number of ether oxygens (including phenoxy) is 4. The highest BCUT2D eigenvalue weighted by atomic mass is 16.6. The van der Waals surface area contributed by atoms with Gasteiger partial charge in [-0.15, -0.1) is 0 Å². The van der Waals surface area contributed by atoms with E-state index in [1.54, 1.807) is 0 Å². The Bertz CT molecular complexity index is 382. The highest BCUT2D eigenvalue weighted by molar-refractivity contribution is 5.31. The number of benzene rings is 1. The van der Waals surface area contributed by atoms with Crippen molar-refractivity contribution >= 4 is 0 Å². The molecular formula is C18H26O4. The molecular weight excluding hydrogens is 280 g/mol. The van der Waals surface area contributed by atoms with Crippen LogP contribution in [0.3, 0.4) is 0 Å². The lowest BCUT2D eigenvalue weighted by atomic mass is 10.2. The van der Waals surface area contributed by atoms with E-state index >= 15 is 0 Å². The second-order valence-corrected chi connectivity index (χ2v) is 6.07. The summed E-state index contributed by atoms with van der Waals surface area (Å²) in [6.45, 7) is 3.46. The summed E-state index contributed by atoms with van der Waals surface area (Å²) in [6.07, 6.45) is 7.94. The number of epoxide rings is 2. The lowest BCUT2D eigenvalue weighted by Crippen LogP contribution is -2.00. The van der Waals surface area contributed by atoms with Crippen LogP contribution in [0.4, 0.5) is 0 Å². The molecule has 0 bridgehead atoms. The van der Waals surface area contributed by atoms with Crippen LogP contribution in [0.5, 0.6) is 11.5 Å². The zero-order valence-corrected chi connectivity index (χ0v) is 13.2. The average molecular weight is 306 g/mol. The molecule has 1 aromatic rings. The van der Waals surface area contributed by atoms with E-state index in [-0.39, 0.29) is 0 Å². The van der Waals surface area contributed by atoms with Crippen molar-refractivity contribution in [2.24, 2.45) is 0 Å². The van der Waals surface area contributed by atoms with Crippen LogP contribution >= 0.6 is 0 Å². The standard InChI is InChI=1S/C18H26O4/c1(5-17-13-21-17)3-11-19-15-7-9-16(10-8-15)20-12-4-2-6-18-14-22-18/h7-10,17-18H,1-6,11-14H2/t17-,18-/m1/s1. The van der Waals surface area contributed by atoms with Crippen LogP contribution in [0.2, 0.25) is 0 Å². The predicted molar refractivity (Wildman–Crippen MR) is 84.6 cm³/mol. The van der Waals surface area contributed by atoms with Crippen molar-refractivity contribution in [1.29, 1.82) is 0 Å². The molecule has 22 heavy (non-hydrogen) atoms. The number of hydrogen-bond acceptors (Lipinski definition) is 4. The van der Waals surface area contributed by atoms with Crippen molar-refractivity contribution in [2.45, 2.75) is 50.7 Å². The molecule has 0 aliphatic carbocycles. The number of hydrogen-bond donors (Lipinski definition) is 0. The van der Waals surface area contributed by atoms with Crippen molar-refractivity contribution in [3.63, 3.8) is 0 Å². The quantitative estimate of drug-likeness (QED) is 0.437. The van der Waals surface area contributed by atoms with Gasteiger partial charge in [0.2, 0.25) is 0 Å². The largest absolute Gasteiger partial charge is 0.494 e. The first-order valence-corrected chi connectivity index (χ1v) is 8.49. The highest BCUT2D eigenvalue weighted by Crippen LogP contribution is 2.20. The molecule has 4 heteroatoms. The van der Waals surface area contributed by atoms with Crippen molar-refractivity contribution in [2.75, 3.05) is 26.4 Å². The first-order valence-electron chi connectivity index (χ1n) is 8.49. The van der Waals surface area contributed by atoms with Gasteiger partial charge in [-0.3, -0.25) is 0 Å². The second-order valence-electron chi connectivity index (χ2n) is 6.07. The van der Waals surface area contributed by atoms with Crippen molar-refractivity contribution in [3.05, 3.63) is 24.3 Å². The summed E-state index contributed by atoms with van der Waals surface area (Å²) in [6, 6.07) is 7.93. The summed E-state index contributed by atoms with van der Waals surface area (Å²) in [4.78, 5) is 0. The van der Waals surface area contributed by atoms with E-state index in [2.05, 4.69) is 0 Å². The smallest absolute Gasteiger partial charge is 0.119 e. The highest BCUT2D eigenvalue weighted by Gasteiger charge is 2.21. The SMILES string of the molecule is c1cc(OCCCC[C@@H]2CO2)ccc1OCCCC[C@@H]1CO1. The third-order valence-corrected chi connectivity index (χ3v) is 4.01. The molecule has 0 saturated carbocycles. The van der Waals surface area contributed by atoms with E-state index < -0.39 is 0 Å². The molecule has 2 fully saturated rings. The molecule has 0 amide bonds. The van der Waals surface area contributed by atoms with E-state index in [9.17, 15) is 0 Å². The third-order valence-electron chi connectivity index (χ3n) is 4.01. The van der Waals surface area contributed by atoms with E-state index in [0.29, 0.717) is 12.2 Å². The summed E-state index contributed by atoms with van der Waals surface area (Å²) in [7, 11) is 0. The minimum Gasteiger partial charge on any atom is -0.494 e. The van der Waals surface area contributed by atoms with Gasteiger partial charge in [-0.1, -0.05) is 0 Å². The van der Waals surface area contributed by atoms with E-state index in [0.717, 1.165) is 50.8 Å². The first kappa shape index (κ1) is 15.6. The Morgan fingerprint density at radius 2 is 1.14 bits per heavy atom. The first-order chi connectivity index (χ1) is 10.9. The van der Waals surface area contributed by atoms with E-state index in [4.69, 9.17) is 18.9 Å². The van der Waals surface area contributed by atoms with Gasteiger partial charge in [0.05, 0.1) is 38.6 Å². The van der Waals surface area contributed by atoms with Crippen LogP contribution in [0.25, 0.3) is 0 Å². The summed E-state index contributed by atoms with van der Waals surface area (Å²) < 4.78 is 21.8. The van der Waals surface area contributed by atoms with Crippen LogP contribution in [0.1, 0.15) is 38.5 Å². The van der Waals surface area contributed by atoms with Gasteiger partial charge in [0, 0.05) is 0 Å². The molecule has 3 rings (SSSR count). The van der Waals surface area contributed by atoms with Gasteiger partial charge < -0.3 is 18.9 Å².